The van der Waals surface area contributed by atoms with E-state index in [0.29, 0.717) is 12.5 Å². The summed E-state index contributed by atoms with van der Waals surface area (Å²) in [5.41, 5.74) is 4.96. The lowest BCUT2D eigenvalue weighted by molar-refractivity contribution is -0.137. The van der Waals surface area contributed by atoms with Crippen molar-refractivity contribution in [3.8, 4) is 0 Å². The largest absolute Gasteiger partial charge is 0.480 e. The summed E-state index contributed by atoms with van der Waals surface area (Å²) in [4.78, 5) is 33.8. The van der Waals surface area contributed by atoms with E-state index in [1.54, 1.807) is 0 Å². The summed E-state index contributed by atoms with van der Waals surface area (Å²) in [5, 5.41) is 11.2. The number of nitrogens with one attached hydrogen (secondary N) is 1. The average molecular weight is 257 g/mol. The third-order valence-electron chi connectivity index (χ3n) is 3.01. The molecule has 1 aliphatic rings. The maximum atomic E-state index is 11.6. The first-order valence-electron chi connectivity index (χ1n) is 6.02. The van der Waals surface area contributed by atoms with Gasteiger partial charge < -0.3 is 21.1 Å². The zero-order valence-corrected chi connectivity index (χ0v) is 10.2. The van der Waals surface area contributed by atoms with E-state index in [1.165, 1.54) is 19.3 Å². The molecule has 1 fully saturated rings. The van der Waals surface area contributed by atoms with Crippen LogP contribution in [0.25, 0.3) is 0 Å². The van der Waals surface area contributed by atoms with Gasteiger partial charge in [0.15, 0.2) is 0 Å². The number of primary amides is 1. The van der Waals surface area contributed by atoms with Gasteiger partial charge in [0.05, 0.1) is 0 Å². The monoisotopic (exact) mass is 257 g/mol. The van der Waals surface area contributed by atoms with Crippen LogP contribution in [0, 0.1) is 5.92 Å². The number of hydrogen-bond donors (Lipinski definition) is 3. The van der Waals surface area contributed by atoms with Crippen molar-refractivity contribution in [3.05, 3.63) is 0 Å². The van der Waals surface area contributed by atoms with Crippen molar-refractivity contribution in [2.45, 2.75) is 25.7 Å². The summed E-state index contributed by atoms with van der Waals surface area (Å²) in [5.74, 6) is -1.25. The van der Waals surface area contributed by atoms with Gasteiger partial charge >= 0.3 is 12.0 Å². The van der Waals surface area contributed by atoms with Crippen molar-refractivity contribution in [1.82, 2.24) is 10.2 Å². The summed E-state index contributed by atoms with van der Waals surface area (Å²) < 4.78 is 0. The molecule has 0 unspecified atom stereocenters. The van der Waals surface area contributed by atoms with Gasteiger partial charge in [-0.2, -0.15) is 0 Å². The standard InChI is InChI=1S/C11H19N3O4/c12-9(15)6-14(7-10(16)17)11(18)13-5-4-8-2-1-3-8/h8H,1-7H2,(H2,12,15)(H,13,18)(H,16,17). The van der Waals surface area contributed by atoms with E-state index >= 15 is 0 Å². The maximum Gasteiger partial charge on any atom is 0.323 e. The Labute approximate surface area is 105 Å². The van der Waals surface area contributed by atoms with Gasteiger partial charge in [-0.1, -0.05) is 19.3 Å². The van der Waals surface area contributed by atoms with Gasteiger partial charge in [0.25, 0.3) is 0 Å². The minimum absolute atomic E-state index is 0.387. The van der Waals surface area contributed by atoms with Crippen LogP contribution in [0.4, 0.5) is 4.79 Å². The summed E-state index contributed by atoms with van der Waals surface area (Å²) in [6.45, 7) is -0.419. The van der Waals surface area contributed by atoms with Crippen LogP contribution in [0.1, 0.15) is 25.7 Å². The highest BCUT2D eigenvalue weighted by Crippen LogP contribution is 2.28. The molecule has 1 rings (SSSR count). The predicted octanol–water partition coefficient (Wildman–Crippen LogP) is -0.242. The number of rotatable bonds is 7. The van der Waals surface area contributed by atoms with Gasteiger partial charge in [-0.25, -0.2) is 4.79 Å². The lowest BCUT2D eigenvalue weighted by Crippen LogP contribution is -2.47. The van der Waals surface area contributed by atoms with E-state index in [4.69, 9.17) is 10.8 Å². The zero-order chi connectivity index (χ0) is 13.5. The van der Waals surface area contributed by atoms with Crippen LogP contribution >= 0.6 is 0 Å². The van der Waals surface area contributed by atoms with Gasteiger partial charge in [0, 0.05) is 6.54 Å². The molecular weight excluding hydrogens is 238 g/mol. The normalized spacial score (nSPS) is 14.7. The van der Waals surface area contributed by atoms with E-state index in [0.717, 1.165) is 11.3 Å². The second-order valence-corrected chi connectivity index (χ2v) is 4.53. The Hall–Kier alpha value is -1.79. The molecule has 7 nitrogen and oxygen atoms in total. The minimum atomic E-state index is -1.18. The van der Waals surface area contributed by atoms with Crippen molar-refractivity contribution in [3.63, 3.8) is 0 Å². The molecule has 18 heavy (non-hydrogen) atoms. The minimum Gasteiger partial charge on any atom is -0.480 e. The molecule has 0 aromatic heterocycles. The van der Waals surface area contributed by atoms with Crippen LogP contribution in [-0.4, -0.2) is 47.5 Å². The molecule has 0 saturated heterocycles. The second-order valence-electron chi connectivity index (χ2n) is 4.53. The number of nitrogens with two attached hydrogens (primary N) is 1. The molecule has 0 radical (unpaired) electrons. The molecule has 0 spiro atoms. The van der Waals surface area contributed by atoms with Crippen molar-refractivity contribution >= 4 is 17.9 Å². The molecular formula is C11H19N3O4. The van der Waals surface area contributed by atoms with Gasteiger partial charge in [-0.3, -0.25) is 9.59 Å². The third kappa shape index (κ3) is 5.03. The molecule has 0 aromatic rings. The van der Waals surface area contributed by atoms with Crippen molar-refractivity contribution in [2.75, 3.05) is 19.6 Å². The number of carboxylic acid groups (broad SMARTS) is 1. The molecule has 1 saturated carbocycles. The first kappa shape index (κ1) is 14.3. The Morgan fingerprint density at radius 1 is 1.28 bits per heavy atom. The number of carboxylic acids is 1. The molecule has 102 valence electrons. The van der Waals surface area contributed by atoms with Crippen LogP contribution in [0.15, 0.2) is 0 Å². The van der Waals surface area contributed by atoms with E-state index in [9.17, 15) is 14.4 Å². The summed E-state index contributed by atoms with van der Waals surface area (Å²) in [6, 6.07) is -0.560. The van der Waals surface area contributed by atoms with Gasteiger partial charge in [0.1, 0.15) is 13.1 Å². The van der Waals surface area contributed by atoms with Crippen LogP contribution in [0.3, 0.4) is 0 Å². The number of amides is 3. The topological polar surface area (TPSA) is 113 Å². The predicted molar refractivity (Wildman–Crippen MR) is 63.8 cm³/mol. The van der Waals surface area contributed by atoms with Crippen molar-refractivity contribution in [2.24, 2.45) is 11.7 Å². The number of urea groups is 1. The highest BCUT2D eigenvalue weighted by molar-refractivity contribution is 5.85. The molecule has 0 heterocycles. The van der Waals surface area contributed by atoms with Gasteiger partial charge in [0.2, 0.25) is 5.91 Å². The van der Waals surface area contributed by atoms with Gasteiger partial charge in [-0.05, 0) is 12.3 Å². The van der Waals surface area contributed by atoms with E-state index in [1.807, 2.05) is 0 Å². The van der Waals surface area contributed by atoms with Crippen molar-refractivity contribution in [1.29, 1.82) is 0 Å². The fourth-order valence-corrected chi connectivity index (χ4v) is 1.83. The Kier molecular flexibility index (Phi) is 5.41. The zero-order valence-electron chi connectivity index (χ0n) is 10.2. The maximum absolute atomic E-state index is 11.6. The van der Waals surface area contributed by atoms with Crippen LogP contribution in [0.2, 0.25) is 0 Å². The smallest absolute Gasteiger partial charge is 0.323 e. The Morgan fingerprint density at radius 2 is 1.94 bits per heavy atom. The van der Waals surface area contributed by atoms with Crippen molar-refractivity contribution < 1.29 is 19.5 Å². The molecule has 0 atom stereocenters. The van der Waals surface area contributed by atoms with Gasteiger partial charge in [-0.15, -0.1) is 0 Å². The molecule has 0 bridgehead atoms. The van der Waals surface area contributed by atoms with E-state index < -0.39 is 24.5 Å². The number of hydrogen-bond acceptors (Lipinski definition) is 3. The summed E-state index contributed by atoms with van der Waals surface area (Å²) in [7, 11) is 0. The Balaban J connectivity index is 2.31. The van der Waals surface area contributed by atoms with E-state index in [-0.39, 0.29) is 6.54 Å². The second kappa shape index (κ2) is 6.83. The molecule has 1 aliphatic carbocycles. The first-order valence-corrected chi connectivity index (χ1v) is 6.02. The van der Waals surface area contributed by atoms with E-state index in [2.05, 4.69) is 5.32 Å². The lowest BCUT2D eigenvalue weighted by Gasteiger charge is -2.26. The third-order valence-corrected chi connectivity index (χ3v) is 3.01. The molecule has 0 aromatic carbocycles. The SMILES string of the molecule is NC(=O)CN(CC(=O)O)C(=O)NCCC1CCC1. The number of carbonyl (C=O) groups excluding carboxylic acids is 2. The Bertz CT molecular complexity index is 312. The molecule has 3 amide bonds. The number of nitrogens with zero attached hydrogens (tertiary/aromatic N) is 1. The molecule has 4 N–H and O–H groups in total. The average Bonchev–Trinajstić information content (AvgIpc) is 2.19. The highest BCUT2D eigenvalue weighted by Gasteiger charge is 2.20. The first-order chi connectivity index (χ1) is 8.49. The summed E-state index contributed by atoms with van der Waals surface area (Å²) >= 11 is 0. The van der Waals surface area contributed by atoms with Crippen LogP contribution in [0.5, 0.6) is 0 Å². The number of carbonyl (C=O) groups is 3. The Morgan fingerprint density at radius 3 is 2.39 bits per heavy atom. The number of aliphatic carboxylic acids is 1. The quantitative estimate of drug-likeness (QED) is 0.584. The lowest BCUT2D eigenvalue weighted by atomic mass is 9.83. The molecule has 0 aliphatic heterocycles. The fraction of sp³-hybridized carbons (Fsp3) is 0.727. The molecule has 7 heteroatoms. The summed E-state index contributed by atoms with van der Waals surface area (Å²) in [6.07, 6.45) is 4.51. The highest BCUT2D eigenvalue weighted by atomic mass is 16.4. The van der Waals surface area contributed by atoms with Crippen LogP contribution in [-0.2, 0) is 9.59 Å². The fourth-order valence-electron chi connectivity index (χ4n) is 1.83. The van der Waals surface area contributed by atoms with Crippen LogP contribution < -0.4 is 11.1 Å².